The lowest BCUT2D eigenvalue weighted by Crippen LogP contribution is -2.49. The van der Waals surface area contributed by atoms with Gasteiger partial charge in [0.1, 0.15) is 5.70 Å². The number of nitrogens with two attached hydrogens (primary N) is 1. The highest BCUT2D eigenvalue weighted by atomic mass is 35.5. The van der Waals surface area contributed by atoms with Crippen molar-refractivity contribution in [1.82, 2.24) is 9.21 Å². The number of likely N-dealkylation sites (tertiary alicyclic amines) is 1. The predicted molar refractivity (Wildman–Crippen MR) is 160 cm³/mol. The maximum absolute atomic E-state index is 13.4. The van der Waals surface area contributed by atoms with Gasteiger partial charge in [0.15, 0.2) is 0 Å². The van der Waals surface area contributed by atoms with Crippen LogP contribution in [0.4, 0.5) is 18.9 Å². The van der Waals surface area contributed by atoms with Crippen molar-refractivity contribution in [3.8, 4) is 0 Å². The van der Waals surface area contributed by atoms with E-state index in [0.717, 1.165) is 18.9 Å². The summed E-state index contributed by atoms with van der Waals surface area (Å²) in [6.45, 7) is 0.756. The third kappa shape index (κ3) is 7.11. The Bertz CT molecular complexity index is 1630. The van der Waals surface area contributed by atoms with Crippen LogP contribution >= 0.6 is 11.6 Å². The molecule has 1 aliphatic heterocycles. The maximum Gasteiger partial charge on any atom is 0.430 e. The number of piperidine rings is 1. The highest BCUT2D eigenvalue weighted by Gasteiger charge is 2.43. The Hall–Kier alpha value is -3.67. The summed E-state index contributed by atoms with van der Waals surface area (Å²) in [5.74, 6) is -0.246. The summed E-state index contributed by atoms with van der Waals surface area (Å²) in [5, 5.41) is 0.256. The molecule has 43 heavy (non-hydrogen) atoms. The minimum atomic E-state index is -4.75. The lowest BCUT2D eigenvalue weighted by atomic mass is 10.0. The number of amides is 1. The summed E-state index contributed by atoms with van der Waals surface area (Å²) >= 11 is 6.17. The molecule has 5 rings (SSSR count). The number of benzene rings is 3. The quantitative estimate of drug-likeness (QED) is 0.295. The molecule has 3 aromatic rings. The van der Waals surface area contributed by atoms with Gasteiger partial charge in [-0.15, -0.1) is 0 Å². The Kier molecular flexibility index (Phi) is 8.96. The molecule has 1 heterocycles. The summed E-state index contributed by atoms with van der Waals surface area (Å²) in [5.41, 5.74) is 4.83. The Morgan fingerprint density at radius 2 is 1.44 bits per heavy atom. The standard InChI is InChI=1S/C31H30ClF3N4O3S/c32-26-8-4-5-9-27(26)37-28(20-29(36)31(33,34)35)21-10-12-22(13-11-21)30(40)38-18-16-24(17-19-38)39(23-14-15-23)43(41,42)25-6-2-1-3-7-25/h1-13,20,23-24H,14-19,36H2/b29-20-,37-28?. The second-order valence-corrected chi connectivity index (χ2v) is 12.8. The number of para-hydroxylation sites is 1. The zero-order chi connectivity index (χ0) is 30.8. The Labute approximate surface area is 253 Å². The summed E-state index contributed by atoms with van der Waals surface area (Å²) in [7, 11) is -3.66. The highest BCUT2D eigenvalue weighted by Crippen LogP contribution is 2.37. The van der Waals surface area contributed by atoms with Crippen molar-refractivity contribution < 1.29 is 26.4 Å². The highest BCUT2D eigenvalue weighted by molar-refractivity contribution is 7.89. The number of hydrogen-bond acceptors (Lipinski definition) is 5. The van der Waals surface area contributed by atoms with E-state index in [0.29, 0.717) is 37.1 Å². The van der Waals surface area contributed by atoms with E-state index in [9.17, 15) is 26.4 Å². The lowest BCUT2D eigenvalue weighted by molar-refractivity contribution is -0.0925. The molecule has 1 amide bonds. The molecule has 226 valence electrons. The molecule has 2 fully saturated rings. The van der Waals surface area contributed by atoms with Crippen LogP contribution in [0.15, 0.2) is 101 Å². The maximum atomic E-state index is 13.4. The van der Waals surface area contributed by atoms with Crippen molar-refractivity contribution in [2.45, 2.75) is 48.8 Å². The minimum Gasteiger partial charge on any atom is -0.395 e. The van der Waals surface area contributed by atoms with Crippen LogP contribution in [0.3, 0.4) is 0 Å². The van der Waals surface area contributed by atoms with E-state index in [1.54, 1.807) is 63.8 Å². The van der Waals surface area contributed by atoms with Gasteiger partial charge in [-0.1, -0.05) is 54.1 Å². The Morgan fingerprint density at radius 1 is 0.884 bits per heavy atom. The molecule has 0 radical (unpaired) electrons. The number of carbonyl (C=O) groups is 1. The first-order valence-electron chi connectivity index (χ1n) is 13.8. The molecular weight excluding hydrogens is 601 g/mol. The number of allylic oxidation sites excluding steroid dienone is 2. The second kappa shape index (κ2) is 12.5. The molecule has 2 aliphatic rings. The van der Waals surface area contributed by atoms with Crippen LogP contribution in [0.5, 0.6) is 0 Å². The van der Waals surface area contributed by atoms with Gasteiger partial charge in [0.05, 0.1) is 21.3 Å². The van der Waals surface area contributed by atoms with Gasteiger partial charge in [0.2, 0.25) is 10.0 Å². The molecule has 0 unspecified atom stereocenters. The van der Waals surface area contributed by atoms with E-state index in [4.69, 9.17) is 17.3 Å². The summed E-state index contributed by atoms with van der Waals surface area (Å²) in [4.78, 5) is 19.6. The van der Waals surface area contributed by atoms with Crippen LogP contribution in [-0.4, -0.2) is 60.6 Å². The van der Waals surface area contributed by atoms with Crippen molar-refractivity contribution in [2.24, 2.45) is 10.7 Å². The van der Waals surface area contributed by atoms with Crippen LogP contribution in [0.2, 0.25) is 5.02 Å². The van der Waals surface area contributed by atoms with Gasteiger partial charge in [-0.3, -0.25) is 4.79 Å². The summed E-state index contributed by atoms with van der Waals surface area (Å²) in [6.07, 6.45) is -1.36. The fourth-order valence-electron chi connectivity index (χ4n) is 5.10. The Balaban J connectivity index is 1.31. The summed E-state index contributed by atoms with van der Waals surface area (Å²) < 4.78 is 68.2. The van der Waals surface area contributed by atoms with Crippen LogP contribution in [0.1, 0.15) is 41.6 Å². The second-order valence-electron chi connectivity index (χ2n) is 10.5. The Morgan fingerprint density at radius 3 is 2.02 bits per heavy atom. The number of nitrogens with zero attached hydrogens (tertiary/aromatic N) is 3. The molecule has 7 nitrogen and oxygen atoms in total. The van der Waals surface area contributed by atoms with Gasteiger partial charge in [-0.05, 0) is 68.2 Å². The lowest BCUT2D eigenvalue weighted by Gasteiger charge is -2.38. The van der Waals surface area contributed by atoms with Crippen molar-refractivity contribution >= 4 is 38.9 Å². The van der Waals surface area contributed by atoms with Gasteiger partial charge in [-0.25, -0.2) is 13.4 Å². The number of halogens is 4. The smallest absolute Gasteiger partial charge is 0.395 e. The van der Waals surface area contributed by atoms with Crippen LogP contribution in [-0.2, 0) is 10.0 Å². The van der Waals surface area contributed by atoms with Crippen molar-refractivity contribution in [2.75, 3.05) is 13.1 Å². The van der Waals surface area contributed by atoms with E-state index >= 15 is 0 Å². The predicted octanol–water partition coefficient (Wildman–Crippen LogP) is 6.32. The average molecular weight is 631 g/mol. The monoisotopic (exact) mass is 630 g/mol. The molecule has 0 aromatic heterocycles. The first-order chi connectivity index (χ1) is 20.4. The topological polar surface area (TPSA) is 96.1 Å². The van der Waals surface area contributed by atoms with Crippen molar-refractivity contribution in [3.63, 3.8) is 0 Å². The molecular formula is C31H30ClF3N4O3S. The molecule has 12 heteroatoms. The van der Waals surface area contributed by atoms with Gasteiger partial charge in [-0.2, -0.15) is 17.5 Å². The molecule has 2 N–H and O–H groups in total. The van der Waals surface area contributed by atoms with E-state index < -0.39 is 21.9 Å². The fourth-order valence-corrected chi connectivity index (χ4v) is 7.23. The zero-order valence-corrected chi connectivity index (χ0v) is 24.6. The number of sulfonamides is 1. The fraction of sp³-hybridized carbons (Fsp3) is 0.290. The van der Waals surface area contributed by atoms with Gasteiger partial charge in [0, 0.05) is 36.3 Å². The number of carbonyl (C=O) groups excluding carboxylic acids is 1. The number of aliphatic imine (C=N–C) groups is 1. The molecule has 0 spiro atoms. The normalized spacial score (nSPS) is 17.4. The van der Waals surface area contributed by atoms with Crippen LogP contribution in [0.25, 0.3) is 0 Å². The largest absolute Gasteiger partial charge is 0.430 e. The molecule has 1 saturated carbocycles. The van der Waals surface area contributed by atoms with E-state index in [-0.39, 0.29) is 39.3 Å². The minimum absolute atomic E-state index is 0.0212. The number of rotatable bonds is 8. The van der Waals surface area contributed by atoms with E-state index in [2.05, 4.69) is 4.99 Å². The molecule has 0 atom stereocenters. The van der Waals surface area contributed by atoms with Crippen LogP contribution in [0, 0.1) is 0 Å². The first-order valence-corrected chi connectivity index (χ1v) is 15.6. The van der Waals surface area contributed by atoms with Gasteiger partial charge in [0.25, 0.3) is 5.91 Å². The zero-order valence-electron chi connectivity index (χ0n) is 23.0. The van der Waals surface area contributed by atoms with Crippen molar-refractivity contribution in [1.29, 1.82) is 0 Å². The molecule has 1 saturated heterocycles. The molecule has 3 aromatic carbocycles. The van der Waals surface area contributed by atoms with E-state index in [1.807, 2.05) is 0 Å². The van der Waals surface area contributed by atoms with E-state index in [1.165, 1.54) is 24.3 Å². The SMILES string of the molecule is N/C(=C\C(=Nc1ccccc1Cl)c1ccc(C(=O)N2CCC(N(C3CC3)S(=O)(=O)c3ccccc3)CC2)cc1)C(F)(F)F. The van der Waals surface area contributed by atoms with Gasteiger partial charge < -0.3 is 10.6 Å². The van der Waals surface area contributed by atoms with Gasteiger partial charge >= 0.3 is 6.18 Å². The van der Waals surface area contributed by atoms with Crippen molar-refractivity contribution in [3.05, 3.63) is 107 Å². The first kappa shape index (κ1) is 30.8. The molecule has 0 bridgehead atoms. The molecule has 1 aliphatic carbocycles. The third-order valence-corrected chi connectivity index (χ3v) is 9.82. The average Bonchev–Trinajstić information content (AvgIpc) is 3.83. The van der Waals surface area contributed by atoms with Crippen LogP contribution < -0.4 is 5.73 Å². The summed E-state index contributed by atoms with van der Waals surface area (Å²) in [6, 6.07) is 20.7. The number of alkyl halides is 3. The number of hydrogen-bond donors (Lipinski definition) is 1. The third-order valence-electron chi connectivity index (χ3n) is 7.48.